The van der Waals surface area contributed by atoms with Crippen molar-refractivity contribution in [1.82, 2.24) is 14.7 Å². The molecule has 0 N–H and O–H groups in total. The van der Waals surface area contributed by atoms with E-state index in [-0.39, 0.29) is 19.0 Å². The summed E-state index contributed by atoms with van der Waals surface area (Å²) in [5.41, 5.74) is 3.01. The van der Waals surface area contributed by atoms with Crippen LogP contribution in [0.5, 0.6) is 5.75 Å². The van der Waals surface area contributed by atoms with Crippen LogP contribution in [0.15, 0.2) is 54.1 Å². The number of imide groups is 1. The summed E-state index contributed by atoms with van der Waals surface area (Å²) >= 11 is 0. The summed E-state index contributed by atoms with van der Waals surface area (Å²) in [5.74, 6) is -0.163. The van der Waals surface area contributed by atoms with Crippen molar-refractivity contribution in [1.29, 1.82) is 0 Å². The SMILES string of the molecule is COc1ccc(C)cc1/C=C1\CN(C)C(=O)CN(C(=O)N(C)Cc2ccccc2)C1=O. The Hall–Kier alpha value is -3.61. The first-order chi connectivity index (χ1) is 14.8. The lowest BCUT2D eigenvalue weighted by Crippen LogP contribution is -2.46. The molecule has 1 aliphatic rings. The van der Waals surface area contributed by atoms with Gasteiger partial charge in [0, 0.05) is 31.8 Å². The van der Waals surface area contributed by atoms with Crippen molar-refractivity contribution in [2.75, 3.05) is 34.3 Å². The lowest BCUT2D eigenvalue weighted by atomic mass is 10.1. The molecule has 0 spiro atoms. The van der Waals surface area contributed by atoms with Crippen molar-refractivity contribution in [3.8, 4) is 5.75 Å². The van der Waals surface area contributed by atoms with E-state index in [1.807, 2.05) is 55.5 Å². The highest BCUT2D eigenvalue weighted by molar-refractivity contribution is 6.10. The molecular formula is C24H27N3O4. The molecule has 7 nitrogen and oxygen atoms in total. The van der Waals surface area contributed by atoms with Gasteiger partial charge in [0.25, 0.3) is 5.91 Å². The molecule has 0 radical (unpaired) electrons. The molecule has 0 unspecified atom stereocenters. The number of benzene rings is 2. The second kappa shape index (κ2) is 9.47. The predicted molar refractivity (Wildman–Crippen MR) is 118 cm³/mol. The summed E-state index contributed by atoms with van der Waals surface area (Å²) in [6.45, 7) is 2.09. The van der Waals surface area contributed by atoms with Crippen molar-refractivity contribution < 1.29 is 19.1 Å². The molecule has 3 rings (SSSR count). The number of carbonyl (C=O) groups is 3. The Morgan fingerprint density at radius 1 is 1.13 bits per heavy atom. The van der Waals surface area contributed by atoms with Crippen LogP contribution in [-0.2, 0) is 16.1 Å². The summed E-state index contributed by atoms with van der Waals surface area (Å²) in [6.07, 6.45) is 1.70. The van der Waals surface area contributed by atoms with Gasteiger partial charge in [0.05, 0.1) is 13.7 Å². The Morgan fingerprint density at radius 3 is 2.52 bits per heavy atom. The highest BCUT2D eigenvalue weighted by Gasteiger charge is 2.34. The predicted octanol–water partition coefficient (Wildman–Crippen LogP) is 2.94. The van der Waals surface area contributed by atoms with E-state index in [4.69, 9.17) is 4.74 Å². The molecule has 1 heterocycles. The lowest BCUT2D eigenvalue weighted by molar-refractivity contribution is -0.133. The van der Waals surface area contributed by atoms with Gasteiger partial charge in [-0.05, 0) is 30.7 Å². The number of methoxy groups -OCH3 is 1. The minimum Gasteiger partial charge on any atom is -0.496 e. The number of carbonyl (C=O) groups excluding carboxylic acids is 3. The highest BCUT2D eigenvalue weighted by Crippen LogP contribution is 2.24. The van der Waals surface area contributed by atoms with Crippen molar-refractivity contribution in [2.45, 2.75) is 13.5 Å². The number of hydrogen-bond donors (Lipinski definition) is 0. The average molecular weight is 421 g/mol. The fraction of sp³-hybridized carbons (Fsp3) is 0.292. The van der Waals surface area contributed by atoms with E-state index in [1.54, 1.807) is 27.3 Å². The van der Waals surface area contributed by atoms with Crippen molar-refractivity contribution in [2.24, 2.45) is 0 Å². The van der Waals surface area contributed by atoms with Gasteiger partial charge in [0.15, 0.2) is 0 Å². The van der Waals surface area contributed by atoms with E-state index < -0.39 is 11.9 Å². The smallest absolute Gasteiger partial charge is 0.327 e. The molecule has 0 aromatic heterocycles. The number of urea groups is 1. The molecule has 2 aromatic carbocycles. The van der Waals surface area contributed by atoms with Gasteiger partial charge in [-0.25, -0.2) is 4.79 Å². The molecule has 31 heavy (non-hydrogen) atoms. The standard InChI is InChI=1S/C24H27N3O4/c1-17-10-11-21(31-4)19(12-17)13-20-15-25(2)22(28)16-27(23(20)29)24(30)26(3)14-18-8-6-5-7-9-18/h5-13H,14-16H2,1-4H3/b20-13+. The minimum absolute atomic E-state index is 0.112. The zero-order valence-electron chi connectivity index (χ0n) is 18.3. The number of amides is 4. The first kappa shape index (κ1) is 22.1. The first-order valence-electron chi connectivity index (χ1n) is 10.00. The molecular weight excluding hydrogens is 394 g/mol. The Balaban J connectivity index is 1.92. The van der Waals surface area contributed by atoms with Crippen molar-refractivity contribution >= 4 is 23.9 Å². The van der Waals surface area contributed by atoms with E-state index in [9.17, 15) is 14.4 Å². The van der Waals surface area contributed by atoms with Crippen LogP contribution in [0.1, 0.15) is 16.7 Å². The number of ether oxygens (including phenoxy) is 1. The molecule has 2 aromatic rings. The van der Waals surface area contributed by atoms with Crippen LogP contribution in [0.2, 0.25) is 0 Å². The maximum atomic E-state index is 13.3. The van der Waals surface area contributed by atoms with E-state index >= 15 is 0 Å². The fourth-order valence-electron chi connectivity index (χ4n) is 3.46. The van der Waals surface area contributed by atoms with Crippen LogP contribution >= 0.6 is 0 Å². The molecule has 0 atom stereocenters. The Labute approximate surface area is 182 Å². The average Bonchev–Trinajstić information content (AvgIpc) is 2.86. The Kier molecular flexibility index (Phi) is 6.74. The van der Waals surface area contributed by atoms with Crippen LogP contribution < -0.4 is 4.74 Å². The summed E-state index contributed by atoms with van der Waals surface area (Å²) in [5, 5.41) is 0. The van der Waals surface area contributed by atoms with Gasteiger partial charge in [-0.15, -0.1) is 0 Å². The van der Waals surface area contributed by atoms with Gasteiger partial charge in [0.2, 0.25) is 5.91 Å². The highest BCUT2D eigenvalue weighted by atomic mass is 16.5. The van der Waals surface area contributed by atoms with Gasteiger partial charge >= 0.3 is 6.03 Å². The van der Waals surface area contributed by atoms with E-state index in [2.05, 4.69) is 0 Å². The molecule has 4 amide bonds. The summed E-state index contributed by atoms with van der Waals surface area (Å²) in [7, 11) is 4.80. The number of hydrogen-bond acceptors (Lipinski definition) is 4. The quantitative estimate of drug-likeness (QED) is 0.712. The molecule has 162 valence electrons. The second-order valence-corrected chi connectivity index (χ2v) is 7.68. The largest absolute Gasteiger partial charge is 0.496 e. The van der Waals surface area contributed by atoms with E-state index in [0.717, 1.165) is 21.6 Å². The van der Waals surface area contributed by atoms with Crippen LogP contribution in [0.3, 0.4) is 0 Å². The van der Waals surface area contributed by atoms with E-state index in [1.165, 1.54) is 9.80 Å². The topological polar surface area (TPSA) is 70.2 Å². The Morgan fingerprint density at radius 2 is 1.84 bits per heavy atom. The zero-order chi connectivity index (χ0) is 22.5. The molecule has 1 saturated heterocycles. The lowest BCUT2D eigenvalue weighted by Gasteiger charge is -2.25. The number of nitrogens with zero attached hydrogens (tertiary/aromatic N) is 3. The second-order valence-electron chi connectivity index (χ2n) is 7.68. The van der Waals surface area contributed by atoms with E-state index in [0.29, 0.717) is 17.9 Å². The zero-order valence-corrected chi connectivity index (χ0v) is 18.3. The van der Waals surface area contributed by atoms with Gasteiger partial charge in [-0.3, -0.25) is 14.5 Å². The fourth-order valence-corrected chi connectivity index (χ4v) is 3.46. The minimum atomic E-state index is -0.514. The molecule has 0 saturated carbocycles. The maximum Gasteiger partial charge on any atom is 0.327 e. The third kappa shape index (κ3) is 5.12. The van der Waals surface area contributed by atoms with Crippen molar-refractivity contribution in [3.63, 3.8) is 0 Å². The van der Waals surface area contributed by atoms with Crippen LogP contribution in [0.25, 0.3) is 6.08 Å². The maximum absolute atomic E-state index is 13.3. The third-order valence-electron chi connectivity index (χ3n) is 5.18. The molecule has 1 aliphatic heterocycles. The number of likely N-dealkylation sites (N-methyl/N-ethyl adjacent to an activating group) is 1. The normalized spacial score (nSPS) is 15.8. The molecule has 7 heteroatoms. The summed E-state index contributed by atoms with van der Waals surface area (Å²) in [4.78, 5) is 42.9. The molecule has 0 bridgehead atoms. The first-order valence-corrected chi connectivity index (χ1v) is 10.00. The number of aryl methyl sites for hydroxylation is 1. The van der Waals surface area contributed by atoms with Gasteiger partial charge in [0.1, 0.15) is 12.3 Å². The molecule has 1 fully saturated rings. The molecule has 0 aliphatic carbocycles. The van der Waals surface area contributed by atoms with Gasteiger partial charge in [-0.1, -0.05) is 42.0 Å². The van der Waals surface area contributed by atoms with Crippen molar-refractivity contribution in [3.05, 3.63) is 70.8 Å². The van der Waals surface area contributed by atoms with Gasteiger partial charge < -0.3 is 14.5 Å². The monoisotopic (exact) mass is 421 g/mol. The Bertz CT molecular complexity index is 1020. The van der Waals surface area contributed by atoms with Crippen LogP contribution in [-0.4, -0.2) is 66.8 Å². The number of rotatable bonds is 4. The third-order valence-corrected chi connectivity index (χ3v) is 5.18. The van der Waals surface area contributed by atoms with Crippen LogP contribution in [0, 0.1) is 6.92 Å². The summed E-state index contributed by atoms with van der Waals surface area (Å²) in [6, 6.07) is 14.6. The van der Waals surface area contributed by atoms with Gasteiger partial charge in [-0.2, -0.15) is 0 Å². The summed E-state index contributed by atoms with van der Waals surface area (Å²) < 4.78 is 5.41. The van der Waals surface area contributed by atoms with Crippen LogP contribution in [0.4, 0.5) is 4.79 Å².